The Balaban J connectivity index is 1.26. The third kappa shape index (κ3) is 6.81. The predicted octanol–water partition coefficient (Wildman–Crippen LogP) is 6.54. The number of nitrogens with zero attached hydrogens (tertiary/aromatic N) is 6. The number of pyridine rings is 1. The van der Waals surface area contributed by atoms with E-state index < -0.39 is 42.0 Å². The van der Waals surface area contributed by atoms with Gasteiger partial charge in [0.25, 0.3) is 0 Å². The summed E-state index contributed by atoms with van der Waals surface area (Å²) in [7, 11) is 0. The highest BCUT2D eigenvalue weighted by molar-refractivity contribution is 6.04. The molecule has 4 aromatic rings. The van der Waals surface area contributed by atoms with E-state index in [-0.39, 0.29) is 88.3 Å². The molecule has 4 fully saturated rings. The maximum atomic E-state index is 17.3. The van der Waals surface area contributed by atoms with Crippen LogP contribution in [0.1, 0.15) is 51.0 Å². The lowest BCUT2D eigenvalue weighted by atomic mass is 9.95. The minimum atomic E-state index is -5.05. The molecule has 1 aliphatic carbocycles. The lowest BCUT2D eigenvalue weighted by Gasteiger charge is -2.42. The van der Waals surface area contributed by atoms with Gasteiger partial charge in [0.05, 0.1) is 30.9 Å². The van der Waals surface area contributed by atoms with Crippen LogP contribution in [0.4, 0.5) is 32.2 Å². The van der Waals surface area contributed by atoms with Crippen LogP contribution in [0.3, 0.4) is 0 Å². The van der Waals surface area contributed by atoms with Gasteiger partial charge in [-0.05, 0) is 69.0 Å². The summed E-state index contributed by atoms with van der Waals surface area (Å²) in [5, 5.41) is 11.2. The minimum absolute atomic E-state index is 0.0217. The number of phenols is 1. The number of carbonyl (C=O) groups excluding carboxylic acids is 1. The first-order valence-corrected chi connectivity index (χ1v) is 18.4. The number of terminal acetylenes is 1. The molecule has 2 aromatic carbocycles. The molecule has 0 spiro atoms. The van der Waals surface area contributed by atoms with Gasteiger partial charge in [-0.25, -0.2) is 18.2 Å². The molecule has 16 heteroatoms. The highest BCUT2D eigenvalue weighted by Crippen LogP contribution is 2.48. The Morgan fingerprint density at radius 2 is 1.73 bits per heavy atom. The molecule has 2 bridgehead atoms. The number of ether oxygens (including phenoxy) is 2. The molecule has 2 aromatic heterocycles. The van der Waals surface area contributed by atoms with Crippen molar-refractivity contribution in [3.63, 3.8) is 0 Å². The molecule has 3 saturated heterocycles. The van der Waals surface area contributed by atoms with Crippen molar-refractivity contribution in [3.8, 4) is 41.2 Å². The van der Waals surface area contributed by atoms with Gasteiger partial charge in [0, 0.05) is 49.1 Å². The van der Waals surface area contributed by atoms with Crippen molar-refractivity contribution in [2.24, 2.45) is 5.41 Å². The Kier molecular flexibility index (Phi) is 9.34. The van der Waals surface area contributed by atoms with Gasteiger partial charge in [-0.1, -0.05) is 12.0 Å². The van der Waals surface area contributed by atoms with Gasteiger partial charge < -0.3 is 29.3 Å². The van der Waals surface area contributed by atoms with Crippen molar-refractivity contribution in [1.82, 2.24) is 24.8 Å². The zero-order chi connectivity index (χ0) is 38.8. The first-order valence-electron chi connectivity index (χ1n) is 18.4. The summed E-state index contributed by atoms with van der Waals surface area (Å²) in [6, 6.07) is 3.32. The summed E-state index contributed by atoms with van der Waals surface area (Å²) in [5.74, 6) is -1.61. The zero-order valence-electron chi connectivity index (χ0n) is 29.9. The summed E-state index contributed by atoms with van der Waals surface area (Å²) in [6.07, 6.45) is 3.10. The number of halogens is 6. The normalized spacial score (nSPS) is 21.3. The van der Waals surface area contributed by atoms with E-state index >= 15 is 8.78 Å². The number of hydrogen-bond acceptors (Lipinski definition) is 9. The van der Waals surface area contributed by atoms with Crippen LogP contribution in [0, 0.1) is 29.4 Å². The Labute approximate surface area is 312 Å². The fraction of sp³-hybridized carbons (Fsp3) is 0.487. The molecule has 10 nitrogen and oxygen atoms in total. The quantitative estimate of drug-likeness (QED) is 0.150. The molecular weight excluding hydrogens is 730 g/mol. The van der Waals surface area contributed by atoms with Gasteiger partial charge in [0.2, 0.25) is 5.88 Å². The van der Waals surface area contributed by atoms with Crippen LogP contribution < -0.4 is 14.4 Å². The van der Waals surface area contributed by atoms with Gasteiger partial charge >= 0.3 is 18.1 Å². The van der Waals surface area contributed by atoms with Crippen molar-refractivity contribution in [2.45, 2.75) is 69.9 Å². The van der Waals surface area contributed by atoms with Crippen LogP contribution in [0.5, 0.6) is 17.6 Å². The Bertz CT molecular complexity index is 2200. The lowest BCUT2D eigenvalue weighted by molar-refractivity contribution is -0.188. The second-order valence-electron chi connectivity index (χ2n) is 15.0. The fourth-order valence-corrected chi connectivity index (χ4v) is 8.40. The number of aromatic hydroxyl groups is 1. The molecule has 55 heavy (non-hydrogen) atoms. The molecule has 2 atom stereocenters. The predicted molar refractivity (Wildman–Crippen MR) is 191 cm³/mol. The standard InChI is InChI=1S/C39H38F6N6O4/c1-3-26-28(41)8-5-21-15-25(52)16-27(29(21)26)32-31(42)33-30(35(46-32)54-4-2)34(50-17-23-6-7-24(18-50)51(23)36(53)39(43,44)45)48-37(47-33)55-20-38(11-12-38)19-49-13-9-22(40)10-14-49/h1,5,8,15-16,22-24,52H,4,6-7,9-14,17-20H2,2H3. The molecule has 3 aliphatic heterocycles. The van der Waals surface area contributed by atoms with Gasteiger partial charge in [-0.15, -0.1) is 6.42 Å². The van der Waals surface area contributed by atoms with Crippen LogP contribution in [0.15, 0.2) is 24.3 Å². The number of piperazine rings is 1. The maximum Gasteiger partial charge on any atom is 0.471 e. The summed E-state index contributed by atoms with van der Waals surface area (Å²) in [6.45, 7) is 3.74. The summed E-state index contributed by atoms with van der Waals surface area (Å²) >= 11 is 0. The van der Waals surface area contributed by atoms with Crippen molar-refractivity contribution < 1.29 is 45.7 Å². The number of likely N-dealkylation sites (tertiary alicyclic amines) is 1. The van der Waals surface area contributed by atoms with E-state index in [1.165, 1.54) is 18.2 Å². The number of phenolic OH excluding ortho intramolecular Hbond substituents is 1. The number of carbonyl (C=O) groups is 1. The molecule has 290 valence electrons. The van der Waals surface area contributed by atoms with Gasteiger partial charge in [-0.3, -0.25) is 4.79 Å². The Hall–Kier alpha value is -5.04. The van der Waals surface area contributed by atoms with Crippen LogP contribution in [0.2, 0.25) is 0 Å². The number of benzene rings is 2. The SMILES string of the molecule is C#Cc1c(F)ccc2cc(O)cc(-c3nc(OCC)c4c(N5CC6CCC(C5)N6C(=O)C(F)(F)F)nc(OCC5(CN6CCC(F)CC6)CC5)nc4c3F)c12. The molecule has 4 aliphatic rings. The van der Waals surface area contributed by atoms with Crippen molar-refractivity contribution in [2.75, 3.05) is 50.8 Å². The number of anilines is 1. The first-order chi connectivity index (χ1) is 26.3. The van der Waals surface area contributed by atoms with Crippen molar-refractivity contribution >= 4 is 33.4 Å². The van der Waals surface area contributed by atoms with E-state index in [2.05, 4.69) is 20.8 Å². The number of aromatic nitrogens is 3. The minimum Gasteiger partial charge on any atom is -0.508 e. The van der Waals surface area contributed by atoms with Crippen LogP contribution in [-0.2, 0) is 4.79 Å². The average Bonchev–Trinajstić information content (AvgIpc) is 3.87. The second-order valence-corrected chi connectivity index (χ2v) is 15.0. The molecule has 2 unspecified atom stereocenters. The first kappa shape index (κ1) is 36.9. The molecule has 5 heterocycles. The highest BCUT2D eigenvalue weighted by Gasteiger charge is 2.52. The van der Waals surface area contributed by atoms with E-state index in [4.69, 9.17) is 20.9 Å². The molecule has 1 saturated carbocycles. The third-order valence-corrected chi connectivity index (χ3v) is 11.2. The Morgan fingerprint density at radius 1 is 1.02 bits per heavy atom. The maximum absolute atomic E-state index is 17.3. The van der Waals surface area contributed by atoms with E-state index in [0.29, 0.717) is 50.7 Å². The zero-order valence-corrected chi connectivity index (χ0v) is 29.9. The van der Waals surface area contributed by atoms with Gasteiger partial charge in [0.15, 0.2) is 5.82 Å². The molecule has 1 N–H and O–H groups in total. The van der Waals surface area contributed by atoms with Crippen molar-refractivity contribution in [3.05, 3.63) is 41.5 Å². The topological polar surface area (TPSA) is 104 Å². The van der Waals surface area contributed by atoms with E-state index in [9.17, 15) is 27.5 Å². The Morgan fingerprint density at radius 3 is 2.36 bits per heavy atom. The van der Waals surface area contributed by atoms with E-state index in [1.54, 1.807) is 11.8 Å². The smallest absolute Gasteiger partial charge is 0.471 e. The molecule has 0 radical (unpaired) electrons. The van der Waals surface area contributed by atoms with Gasteiger partial charge in [-0.2, -0.15) is 23.1 Å². The van der Waals surface area contributed by atoms with Crippen LogP contribution in [0.25, 0.3) is 32.9 Å². The molecule has 8 rings (SSSR count). The van der Waals surface area contributed by atoms with Gasteiger partial charge in [0.1, 0.15) is 40.2 Å². The number of fused-ring (bicyclic) bond motifs is 4. The third-order valence-electron chi connectivity index (χ3n) is 11.2. The fourth-order valence-electron chi connectivity index (χ4n) is 8.40. The molecular formula is C39H38F6N6O4. The van der Waals surface area contributed by atoms with E-state index in [1.807, 2.05) is 0 Å². The van der Waals surface area contributed by atoms with Crippen molar-refractivity contribution in [1.29, 1.82) is 0 Å². The molecule has 1 amide bonds. The largest absolute Gasteiger partial charge is 0.508 e. The summed E-state index contributed by atoms with van der Waals surface area (Å²) < 4.78 is 99.2. The number of hydrogen-bond donors (Lipinski definition) is 1. The number of alkyl halides is 4. The monoisotopic (exact) mass is 768 g/mol. The number of piperidine rings is 1. The number of rotatable bonds is 9. The number of amides is 1. The summed E-state index contributed by atoms with van der Waals surface area (Å²) in [4.78, 5) is 31.0. The highest BCUT2D eigenvalue weighted by atomic mass is 19.4. The second kappa shape index (κ2) is 13.9. The van der Waals surface area contributed by atoms with Crippen LogP contribution >= 0.6 is 0 Å². The lowest BCUT2D eigenvalue weighted by Crippen LogP contribution is -2.59. The van der Waals surface area contributed by atoms with Crippen LogP contribution in [-0.4, -0.2) is 106 Å². The summed E-state index contributed by atoms with van der Waals surface area (Å²) in [5.41, 5.74) is -1.10. The van der Waals surface area contributed by atoms with E-state index in [0.717, 1.165) is 23.8 Å². The average molecular weight is 769 g/mol.